The molecule has 1 aliphatic rings. The molecule has 2 nitrogen and oxygen atoms in total. The molecule has 0 bridgehead atoms. The Kier molecular flexibility index (Phi) is 4.10. The molecule has 1 fully saturated rings. The van der Waals surface area contributed by atoms with Crippen LogP contribution in [-0.2, 0) is 4.74 Å². The van der Waals surface area contributed by atoms with Gasteiger partial charge in [-0.3, -0.25) is 0 Å². The molecule has 0 aromatic carbocycles. The maximum Gasteiger partial charge on any atom is 0.0733 e. The van der Waals surface area contributed by atoms with Gasteiger partial charge in [-0.15, -0.1) is 0 Å². The van der Waals surface area contributed by atoms with Crippen LogP contribution in [0.15, 0.2) is 0 Å². The first-order valence-corrected chi connectivity index (χ1v) is 4.89. The molecular weight excluding hydrogens is 150 g/mol. The first-order valence-electron chi connectivity index (χ1n) is 4.89. The van der Waals surface area contributed by atoms with E-state index in [1.807, 2.05) is 6.92 Å². The number of hydrogen-bond acceptors (Lipinski definition) is 2. The van der Waals surface area contributed by atoms with Crippen molar-refractivity contribution in [1.82, 2.24) is 0 Å². The molecule has 0 amide bonds. The summed E-state index contributed by atoms with van der Waals surface area (Å²) in [4.78, 5) is 0. The highest BCUT2D eigenvalue weighted by molar-refractivity contribution is 4.90. The summed E-state index contributed by atoms with van der Waals surface area (Å²) in [5, 5.41) is 8.88. The second kappa shape index (κ2) is 5.16. The predicted octanol–water partition coefficient (Wildman–Crippen LogP) is 2.50. The molecule has 12 heavy (non-hydrogen) atoms. The van der Waals surface area contributed by atoms with Crippen LogP contribution in [0.2, 0.25) is 0 Å². The zero-order chi connectivity index (χ0) is 8.81. The van der Waals surface area contributed by atoms with E-state index < -0.39 is 0 Å². The van der Waals surface area contributed by atoms with Gasteiger partial charge in [-0.1, -0.05) is 19.3 Å². The van der Waals surface area contributed by atoms with Crippen molar-refractivity contribution in [3.8, 4) is 6.07 Å². The van der Waals surface area contributed by atoms with Crippen molar-refractivity contribution in [3.05, 3.63) is 0 Å². The van der Waals surface area contributed by atoms with Gasteiger partial charge < -0.3 is 4.74 Å². The molecule has 68 valence electrons. The van der Waals surface area contributed by atoms with E-state index in [1.54, 1.807) is 0 Å². The fourth-order valence-electron chi connectivity index (χ4n) is 1.83. The molecule has 0 aromatic rings. The highest BCUT2D eigenvalue weighted by atomic mass is 16.5. The molecule has 2 heteroatoms. The molecule has 0 aliphatic heterocycles. The van der Waals surface area contributed by atoms with Crippen molar-refractivity contribution in [2.24, 2.45) is 5.92 Å². The van der Waals surface area contributed by atoms with Gasteiger partial charge in [0, 0.05) is 6.61 Å². The molecular formula is C10H17NO. The van der Waals surface area contributed by atoms with Crippen molar-refractivity contribution < 1.29 is 4.74 Å². The van der Waals surface area contributed by atoms with E-state index in [2.05, 4.69) is 6.07 Å². The number of ether oxygens (including phenoxy) is 1. The van der Waals surface area contributed by atoms with Crippen LogP contribution in [-0.4, -0.2) is 12.7 Å². The van der Waals surface area contributed by atoms with E-state index in [0.717, 1.165) is 19.4 Å². The highest BCUT2D eigenvalue weighted by Gasteiger charge is 2.23. The number of nitrogens with zero attached hydrogens (tertiary/aromatic N) is 1. The minimum atomic E-state index is 0.146. The average Bonchev–Trinajstić information content (AvgIpc) is 2.30. The lowest BCUT2D eigenvalue weighted by Gasteiger charge is -2.18. The van der Waals surface area contributed by atoms with E-state index >= 15 is 0 Å². The zero-order valence-corrected chi connectivity index (χ0v) is 7.75. The molecule has 1 rings (SSSR count). The Balaban J connectivity index is 2.46. The van der Waals surface area contributed by atoms with Gasteiger partial charge in [0.1, 0.15) is 0 Å². The number of hydrogen-bond donors (Lipinski definition) is 0. The largest absolute Gasteiger partial charge is 0.377 e. The van der Waals surface area contributed by atoms with Crippen LogP contribution in [0.1, 0.15) is 39.0 Å². The van der Waals surface area contributed by atoms with E-state index in [-0.39, 0.29) is 12.0 Å². The lowest BCUT2D eigenvalue weighted by Crippen LogP contribution is -2.21. The fraction of sp³-hybridized carbons (Fsp3) is 0.900. The monoisotopic (exact) mass is 167 g/mol. The number of rotatable bonds is 2. The third kappa shape index (κ3) is 2.49. The van der Waals surface area contributed by atoms with Crippen molar-refractivity contribution in [2.75, 3.05) is 6.61 Å². The molecule has 0 spiro atoms. The van der Waals surface area contributed by atoms with Crippen LogP contribution < -0.4 is 0 Å². The molecule has 1 aliphatic carbocycles. The molecule has 2 atom stereocenters. The van der Waals surface area contributed by atoms with Crippen molar-refractivity contribution in [1.29, 1.82) is 5.26 Å². The molecule has 0 saturated heterocycles. The van der Waals surface area contributed by atoms with Crippen LogP contribution in [0, 0.1) is 17.2 Å². The Hall–Kier alpha value is -0.550. The highest BCUT2D eigenvalue weighted by Crippen LogP contribution is 2.25. The maximum atomic E-state index is 8.88. The van der Waals surface area contributed by atoms with Gasteiger partial charge in [0.05, 0.1) is 18.1 Å². The Morgan fingerprint density at radius 1 is 1.33 bits per heavy atom. The molecule has 1 saturated carbocycles. The Morgan fingerprint density at radius 3 is 2.75 bits per heavy atom. The molecule has 0 heterocycles. The maximum absolute atomic E-state index is 8.88. The van der Waals surface area contributed by atoms with Crippen molar-refractivity contribution >= 4 is 0 Å². The fourth-order valence-corrected chi connectivity index (χ4v) is 1.83. The normalized spacial score (nSPS) is 30.7. The van der Waals surface area contributed by atoms with Gasteiger partial charge >= 0.3 is 0 Å². The average molecular weight is 167 g/mol. The summed E-state index contributed by atoms with van der Waals surface area (Å²) in [7, 11) is 0. The van der Waals surface area contributed by atoms with Gasteiger partial charge in [0.25, 0.3) is 0 Å². The second-order valence-corrected chi connectivity index (χ2v) is 3.37. The standard InChI is InChI=1S/C10H17NO/c1-2-12-10-7-5-3-4-6-9(10)8-11/h9-10H,2-7H2,1H3. The van der Waals surface area contributed by atoms with Gasteiger partial charge in [-0.2, -0.15) is 5.26 Å². The van der Waals surface area contributed by atoms with Gasteiger partial charge in [0.15, 0.2) is 0 Å². The van der Waals surface area contributed by atoms with E-state index in [0.29, 0.717) is 0 Å². The second-order valence-electron chi connectivity index (χ2n) is 3.37. The Labute approximate surface area is 74.5 Å². The minimum Gasteiger partial charge on any atom is -0.377 e. The van der Waals surface area contributed by atoms with Crippen LogP contribution in [0.4, 0.5) is 0 Å². The van der Waals surface area contributed by atoms with Crippen molar-refractivity contribution in [2.45, 2.75) is 45.1 Å². The topological polar surface area (TPSA) is 33.0 Å². The number of nitriles is 1. The summed E-state index contributed by atoms with van der Waals surface area (Å²) in [5.41, 5.74) is 0. The van der Waals surface area contributed by atoms with Crippen LogP contribution in [0.3, 0.4) is 0 Å². The Bertz CT molecular complexity index is 162. The SMILES string of the molecule is CCOC1CCCCCC1C#N. The minimum absolute atomic E-state index is 0.146. The molecule has 2 unspecified atom stereocenters. The molecule has 0 aromatic heterocycles. The summed E-state index contributed by atoms with van der Waals surface area (Å²) in [5.74, 6) is 0.146. The summed E-state index contributed by atoms with van der Waals surface area (Å²) in [6, 6.07) is 2.35. The summed E-state index contributed by atoms with van der Waals surface area (Å²) in [6.45, 7) is 2.74. The predicted molar refractivity (Wildman–Crippen MR) is 47.6 cm³/mol. The molecule has 0 N–H and O–H groups in total. The lowest BCUT2D eigenvalue weighted by atomic mass is 9.99. The zero-order valence-electron chi connectivity index (χ0n) is 7.75. The summed E-state index contributed by atoms with van der Waals surface area (Å²) in [6.07, 6.45) is 6.00. The van der Waals surface area contributed by atoms with Crippen molar-refractivity contribution in [3.63, 3.8) is 0 Å². The quantitative estimate of drug-likeness (QED) is 0.592. The van der Waals surface area contributed by atoms with Gasteiger partial charge in [-0.25, -0.2) is 0 Å². The Morgan fingerprint density at radius 2 is 2.08 bits per heavy atom. The summed E-state index contributed by atoms with van der Waals surface area (Å²) >= 11 is 0. The molecule has 0 radical (unpaired) electrons. The third-order valence-electron chi connectivity index (χ3n) is 2.50. The van der Waals surface area contributed by atoms with Gasteiger partial charge in [-0.05, 0) is 19.8 Å². The van der Waals surface area contributed by atoms with Gasteiger partial charge in [0.2, 0.25) is 0 Å². The third-order valence-corrected chi connectivity index (χ3v) is 2.50. The smallest absolute Gasteiger partial charge is 0.0733 e. The first kappa shape index (κ1) is 9.54. The van der Waals surface area contributed by atoms with Crippen LogP contribution >= 0.6 is 0 Å². The first-order chi connectivity index (χ1) is 5.88. The van der Waals surface area contributed by atoms with E-state index in [9.17, 15) is 0 Å². The lowest BCUT2D eigenvalue weighted by molar-refractivity contribution is 0.0315. The van der Waals surface area contributed by atoms with E-state index in [4.69, 9.17) is 10.00 Å². The van der Waals surface area contributed by atoms with E-state index in [1.165, 1.54) is 19.3 Å². The summed E-state index contributed by atoms with van der Waals surface area (Å²) < 4.78 is 5.54. The van der Waals surface area contributed by atoms with Crippen LogP contribution in [0.25, 0.3) is 0 Å². The van der Waals surface area contributed by atoms with Crippen LogP contribution in [0.5, 0.6) is 0 Å².